The number of rotatable bonds is 9. The number of fused-ring (bicyclic) bond motifs is 1. The number of primary amides is 1. The normalized spacial score (nSPS) is 11.3. The fourth-order valence-electron chi connectivity index (χ4n) is 4.07. The number of nitrogens with zero attached hydrogens (tertiary/aromatic N) is 2. The highest BCUT2D eigenvalue weighted by Crippen LogP contribution is 2.35. The van der Waals surface area contributed by atoms with Gasteiger partial charge in [-0.3, -0.25) is 4.79 Å². The van der Waals surface area contributed by atoms with E-state index in [1.54, 1.807) is 12.1 Å². The van der Waals surface area contributed by atoms with Crippen LogP contribution in [0.15, 0.2) is 30.3 Å². The quantitative estimate of drug-likeness (QED) is 0.481. The molecule has 0 radical (unpaired) electrons. The Morgan fingerprint density at radius 3 is 2.55 bits per heavy atom. The second-order valence-electron chi connectivity index (χ2n) is 7.65. The SMILES string of the molecule is CCCCCc1c(-c2ccc3cccc(O)c3n2)c(C(N)=O)c(C)n1CCCC. The Morgan fingerprint density at radius 1 is 1.10 bits per heavy atom. The maximum atomic E-state index is 12.4. The Hall–Kier alpha value is -2.82. The number of phenols is 1. The van der Waals surface area contributed by atoms with Gasteiger partial charge >= 0.3 is 0 Å². The first-order valence-electron chi connectivity index (χ1n) is 10.6. The largest absolute Gasteiger partial charge is 0.506 e. The maximum absolute atomic E-state index is 12.4. The molecular formula is C24H31N3O2. The number of unbranched alkanes of at least 4 members (excludes halogenated alkanes) is 3. The molecular weight excluding hydrogens is 362 g/mol. The lowest BCUT2D eigenvalue weighted by Crippen LogP contribution is -2.13. The van der Waals surface area contributed by atoms with Crippen molar-refractivity contribution < 1.29 is 9.90 Å². The lowest BCUT2D eigenvalue weighted by Gasteiger charge is -2.13. The van der Waals surface area contributed by atoms with Crippen LogP contribution >= 0.6 is 0 Å². The van der Waals surface area contributed by atoms with E-state index in [9.17, 15) is 9.90 Å². The number of benzene rings is 1. The average Bonchev–Trinajstić information content (AvgIpc) is 2.98. The lowest BCUT2D eigenvalue weighted by atomic mass is 10.00. The summed E-state index contributed by atoms with van der Waals surface area (Å²) in [7, 11) is 0. The van der Waals surface area contributed by atoms with Crippen molar-refractivity contribution in [1.29, 1.82) is 0 Å². The van der Waals surface area contributed by atoms with Gasteiger partial charge < -0.3 is 15.4 Å². The molecule has 0 saturated heterocycles. The number of para-hydroxylation sites is 1. The van der Waals surface area contributed by atoms with Gasteiger partial charge in [-0.05, 0) is 38.3 Å². The molecule has 0 atom stereocenters. The molecule has 0 aliphatic rings. The number of aromatic nitrogens is 2. The monoisotopic (exact) mass is 393 g/mol. The zero-order valence-electron chi connectivity index (χ0n) is 17.7. The minimum absolute atomic E-state index is 0.139. The van der Waals surface area contributed by atoms with Crippen LogP contribution in [0.2, 0.25) is 0 Å². The molecule has 0 aliphatic heterocycles. The highest BCUT2D eigenvalue weighted by atomic mass is 16.3. The number of aromatic hydroxyl groups is 1. The molecule has 0 unspecified atom stereocenters. The van der Waals surface area contributed by atoms with Gasteiger partial charge in [0.15, 0.2) is 0 Å². The zero-order chi connectivity index (χ0) is 21.0. The van der Waals surface area contributed by atoms with Crippen molar-refractivity contribution >= 4 is 16.8 Å². The molecule has 3 rings (SSSR count). The van der Waals surface area contributed by atoms with Crippen molar-refractivity contribution in [2.24, 2.45) is 5.73 Å². The minimum atomic E-state index is -0.427. The van der Waals surface area contributed by atoms with Gasteiger partial charge in [0.1, 0.15) is 11.3 Å². The highest BCUT2D eigenvalue weighted by Gasteiger charge is 2.25. The first kappa shape index (κ1) is 20.9. The van der Waals surface area contributed by atoms with Crippen LogP contribution in [-0.2, 0) is 13.0 Å². The third-order valence-corrected chi connectivity index (χ3v) is 5.58. The predicted octanol–water partition coefficient (Wildman–Crippen LogP) is 5.35. The lowest BCUT2D eigenvalue weighted by molar-refractivity contribution is 0.1000. The molecule has 2 aromatic heterocycles. The van der Waals surface area contributed by atoms with Crippen LogP contribution in [0.1, 0.15) is 67.7 Å². The van der Waals surface area contributed by atoms with E-state index in [2.05, 4.69) is 18.4 Å². The van der Waals surface area contributed by atoms with Crippen LogP contribution in [-0.4, -0.2) is 20.6 Å². The van der Waals surface area contributed by atoms with E-state index in [1.807, 2.05) is 25.1 Å². The van der Waals surface area contributed by atoms with Crippen LogP contribution in [0.25, 0.3) is 22.2 Å². The highest BCUT2D eigenvalue weighted by molar-refractivity contribution is 6.02. The van der Waals surface area contributed by atoms with E-state index in [0.29, 0.717) is 16.8 Å². The molecule has 5 nitrogen and oxygen atoms in total. The van der Waals surface area contributed by atoms with E-state index < -0.39 is 5.91 Å². The van der Waals surface area contributed by atoms with E-state index in [1.165, 1.54) is 0 Å². The van der Waals surface area contributed by atoms with Gasteiger partial charge in [0, 0.05) is 28.9 Å². The smallest absolute Gasteiger partial charge is 0.251 e. The second kappa shape index (κ2) is 9.12. The molecule has 154 valence electrons. The predicted molar refractivity (Wildman–Crippen MR) is 118 cm³/mol. The molecule has 0 spiro atoms. The van der Waals surface area contributed by atoms with Crippen molar-refractivity contribution in [3.63, 3.8) is 0 Å². The molecule has 0 saturated carbocycles. The zero-order valence-corrected chi connectivity index (χ0v) is 17.7. The molecule has 29 heavy (non-hydrogen) atoms. The van der Waals surface area contributed by atoms with Gasteiger partial charge in [0.25, 0.3) is 5.91 Å². The standard InChI is InChI=1S/C24H31N3O2/c1-4-6-8-11-19-22(21(24(25)29)16(3)27(19)15-7-5-2)18-14-13-17-10-9-12-20(28)23(17)26-18/h9-10,12-14,28H,4-8,11,15H2,1-3H3,(H2,25,29). The summed E-state index contributed by atoms with van der Waals surface area (Å²) < 4.78 is 2.26. The molecule has 0 bridgehead atoms. The van der Waals surface area contributed by atoms with E-state index in [0.717, 1.165) is 67.4 Å². The summed E-state index contributed by atoms with van der Waals surface area (Å²) in [4.78, 5) is 17.2. The molecule has 1 amide bonds. The molecule has 3 aromatic rings. The second-order valence-corrected chi connectivity index (χ2v) is 7.65. The third-order valence-electron chi connectivity index (χ3n) is 5.58. The number of pyridine rings is 1. The fraction of sp³-hybridized carbons (Fsp3) is 0.417. The molecule has 0 fully saturated rings. The maximum Gasteiger partial charge on any atom is 0.251 e. The van der Waals surface area contributed by atoms with Crippen LogP contribution in [0.5, 0.6) is 5.75 Å². The Kier molecular flexibility index (Phi) is 6.57. The van der Waals surface area contributed by atoms with E-state index >= 15 is 0 Å². The van der Waals surface area contributed by atoms with E-state index in [-0.39, 0.29) is 5.75 Å². The Bertz CT molecular complexity index is 1020. The van der Waals surface area contributed by atoms with Crippen molar-refractivity contribution in [3.05, 3.63) is 47.3 Å². The van der Waals surface area contributed by atoms with Crippen LogP contribution in [0.4, 0.5) is 0 Å². The molecule has 1 aromatic carbocycles. The number of amides is 1. The van der Waals surface area contributed by atoms with Gasteiger partial charge in [0.05, 0.1) is 11.3 Å². The van der Waals surface area contributed by atoms with Crippen molar-refractivity contribution in [2.75, 3.05) is 0 Å². The van der Waals surface area contributed by atoms with Crippen LogP contribution in [0, 0.1) is 6.92 Å². The number of hydrogen-bond donors (Lipinski definition) is 2. The van der Waals surface area contributed by atoms with Crippen molar-refractivity contribution in [1.82, 2.24) is 9.55 Å². The first-order chi connectivity index (χ1) is 14.0. The molecule has 0 aliphatic carbocycles. The summed E-state index contributed by atoms with van der Waals surface area (Å²) in [6, 6.07) is 9.22. The molecule has 2 heterocycles. The van der Waals surface area contributed by atoms with Crippen LogP contribution < -0.4 is 5.73 Å². The summed E-state index contributed by atoms with van der Waals surface area (Å²) >= 11 is 0. The van der Waals surface area contributed by atoms with Gasteiger partial charge in [0.2, 0.25) is 0 Å². The van der Waals surface area contributed by atoms with E-state index in [4.69, 9.17) is 10.7 Å². The first-order valence-corrected chi connectivity index (χ1v) is 10.6. The van der Waals surface area contributed by atoms with Gasteiger partial charge in [-0.1, -0.05) is 51.3 Å². The number of carbonyl (C=O) groups excluding carboxylic acids is 1. The number of hydrogen-bond acceptors (Lipinski definition) is 3. The Morgan fingerprint density at radius 2 is 1.86 bits per heavy atom. The summed E-state index contributed by atoms with van der Waals surface area (Å²) in [5.74, 6) is -0.289. The van der Waals surface area contributed by atoms with Crippen molar-refractivity contribution in [3.8, 4) is 17.0 Å². The van der Waals surface area contributed by atoms with Crippen molar-refractivity contribution in [2.45, 2.75) is 65.8 Å². The number of phenolic OH excluding ortho intramolecular Hbond substituents is 1. The number of nitrogens with two attached hydrogens (primary N) is 1. The summed E-state index contributed by atoms with van der Waals surface area (Å²) in [6.45, 7) is 7.19. The fourth-order valence-corrected chi connectivity index (χ4v) is 4.07. The van der Waals surface area contributed by atoms with Gasteiger partial charge in [-0.15, -0.1) is 0 Å². The summed E-state index contributed by atoms with van der Waals surface area (Å²) in [5, 5.41) is 11.1. The Balaban J connectivity index is 2.24. The Labute approximate surface area is 172 Å². The van der Waals surface area contributed by atoms with Gasteiger partial charge in [-0.2, -0.15) is 0 Å². The third kappa shape index (κ3) is 4.14. The minimum Gasteiger partial charge on any atom is -0.506 e. The molecule has 5 heteroatoms. The summed E-state index contributed by atoms with van der Waals surface area (Å²) in [6.07, 6.45) is 6.32. The van der Waals surface area contributed by atoms with Gasteiger partial charge in [-0.25, -0.2) is 4.98 Å². The molecule has 3 N–H and O–H groups in total. The number of carbonyl (C=O) groups is 1. The topological polar surface area (TPSA) is 81.1 Å². The summed E-state index contributed by atoms with van der Waals surface area (Å²) in [5.41, 5.74) is 10.5. The average molecular weight is 394 g/mol. The van der Waals surface area contributed by atoms with Crippen LogP contribution in [0.3, 0.4) is 0 Å².